The third-order valence-electron chi connectivity index (χ3n) is 3.97. The predicted molar refractivity (Wildman–Crippen MR) is 97.2 cm³/mol. The molecule has 0 aliphatic rings. The van der Waals surface area contributed by atoms with E-state index in [0.29, 0.717) is 19.5 Å². The Bertz CT molecular complexity index is 629. The molecule has 0 heterocycles. The highest BCUT2D eigenvalue weighted by Gasteiger charge is 2.06. The Morgan fingerprint density at radius 3 is 2.62 bits per heavy atom. The molecular formula is C20H26N2O2. The van der Waals surface area contributed by atoms with E-state index in [1.165, 1.54) is 5.56 Å². The lowest BCUT2D eigenvalue weighted by atomic mass is 10.1. The van der Waals surface area contributed by atoms with E-state index in [0.717, 1.165) is 17.7 Å². The van der Waals surface area contributed by atoms with Gasteiger partial charge >= 0.3 is 0 Å². The second kappa shape index (κ2) is 9.73. The maximum absolute atomic E-state index is 11.9. The topological polar surface area (TPSA) is 50.4 Å². The average Bonchev–Trinajstić information content (AvgIpc) is 2.62. The van der Waals surface area contributed by atoms with Crippen molar-refractivity contribution < 1.29 is 9.53 Å². The lowest BCUT2D eigenvalue weighted by Gasteiger charge is -2.14. The quantitative estimate of drug-likeness (QED) is 0.744. The van der Waals surface area contributed by atoms with E-state index >= 15 is 0 Å². The van der Waals surface area contributed by atoms with Gasteiger partial charge in [-0.1, -0.05) is 42.5 Å². The molecule has 1 amide bonds. The van der Waals surface area contributed by atoms with Crippen LogP contribution in [0.2, 0.25) is 0 Å². The van der Waals surface area contributed by atoms with Crippen LogP contribution in [0.15, 0.2) is 54.6 Å². The van der Waals surface area contributed by atoms with Crippen molar-refractivity contribution in [2.45, 2.75) is 25.8 Å². The van der Waals surface area contributed by atoms with E-state index in [9.17, 15) is 4.79 Å². The minimum atomic E-state index is 0.0747. The zero-order chi connectivity index (χ0) is 17.2. The summed E-state index contributed by atoms with van der Waals surface area (Å²) >= 11 is 0. The summed E-state index contributed by atoms with van der Waals surface area (Å²) in [4.78, 5) is 11.9. The van der Waals surface area contributed by atoms with Crippen molar-refractivity contribution in [3.8, 4) is 5.75 Å². The van der Waals surface area contributed by atoms with Gasteiger partial charge in [-0.2, -0.15) is 0 Å². The summed E-state index contributed by atoms with van der Waals surface area (Å²) < 4.78 is 5.20. The molecule has 0 saturated heterocycles. The number of hydrogen-bond acceptors (Lipinski definition) is 3. The molecule has 2 aromatic rings. The SMILES string of the molecule is COc1cccc(CCNC(=O)CCNC(C)c2ccccc2)c1. The van der Waals surface area contributed by atoms with Crippen LogP contribution in [0.25, 0.3) is 0 Å². The minimum absolute atomic E-state index is 0.0747. The van der Waals surface area contributed by atoms with Crippen LogP contribution in [-0.4, -0.2) is 26.1 Å². The molecule has 0 aliphatic carbocycles. The van der Waals surface area contributed by atoms with Gasteiger partial charge < -0.3 is 15.4 Å². The Balaban J connectivity index is 1.63. The number of carbonyl (C=O) groups excluding carboxylic acids is 1. The lowest BCUT2D eigenvalue weighted by Crippen LogP contribution is -2.30. The molecule has 4 nitrogen and oxygen atoms in total. The number of methoxy groups -OCH3 is 1. The van der Waals surface area contributed by atoms with Crippen LogP contribution in [0.3, 0.4) is 0 Å². The summed E-state index contributed by atoms with van der Waals surface area (Å²) in [5.41, 5.74) is 2.39. The van der Waals surface area contributed by atoms with E-state index in [1.54, 1.807) is 7.11 Å². The Morgan fingerprint density at radius 1 is 1.08 bits per heavy atom. The van der Waals surface area contributed by atoms with Crippen molar-refractivity contribution in [2.75, 3.05) is 20.2 Å². The van der Waals surface area contributed by atoms with Gasteiger partial charge in [0, 0.05) is 25.6 Å². The van der Waals surface area contributed by atoms with Crippen molar-refractivity contribution in [3.63, 3.8) is 0 Å². The van der Waals surface area contributed by atoms with Crippen molar-refractivity contribution >= 4 is 5.91 Å². The smallest absolute Gasteiger partial charge is 0.221 e. The normalized spacial score (nSPS) is 11.8. The fourth-order valence-electron chi connectivity index (χ4n) is 2.52. The molecule has 0 bridgehead atoms. The van der Waals surface area contributed by atoms with Crippen LogP contribution >= 0.6 is 0 Å². The second-order valence-corrected chi connectivity index (χ2v) is 5.79. The monoisotopic (exact) mass is 326 g/mol. The van der Waals surface area contributed by atoms with E-state index in [-0.39, 0.29) is 11.9 Å². The molecule has 24 heavy (non-hydrogen) atoms. The molecule has 2 aromatic carbocycles. The number of nitrogens with one attached hydrogen (secondary N) is 2. The Hall–Kier alpha value is -2.33. The summed E-state index contributed by atoms with van der Waals surface area (Å²) in [5, 5.41) is 6.34. The van der Waals surface area contributed by atoms with Gasteiger partial charge in [0.05, 0.1) is 7.11 Å². The van der Waals surface area contributed by atoms with Gasteiger partial charge in [-0.15, -0.1) is 0 Å². The highest BCUT2D eigenvalue weighted by Crippen LogP contribution is 2.12. The number of benzene rings is 2. The van der Waals surface area contributed by atoms with Crippen molar-refractivity contribution in [3.05, 3.63) is 65.7 Å². The minimum Gasteiger partial charge on any atom is -0.497 e. The maximum Gasteiger partial charge on any atom is 0.221 e. The molecule has 128 valence electrons. The van der Waals surface area contributed by atoms with Crippen LogP contribution in [0.4, 0.5) is 0 Å². The molecule has 4 heteroatoms. The van der Waals surface area contributed by atoms with Gasteiger partial charge in [-0.25, -0.2) is 0 Å². The molecule has 1 unspecified atom stereocenters. The third kappa shape index (κ3) is 6.05. The number of rotatable bonds is 9. The van der Waals surface area contributed by atoms with Crippen molar-refractivity contribution in [1.82, 2.24) is 10.6 Å². The standard InChI is InChI=1S/C20H26N2O2/c1-16(18-8-4-3-5-9-18)21-14-12-20(23)22-13-11-17-7-6-10-19(15-17)24-2/h3-10,15-16,21H,11-14H2,1-2H3,(H,22,23). The first kappa shape index (κ1) is 18.0. The predicted octanol–water partition coefficient (Wildman–Crippen LogP) is 3.09. The van der Waals surface area contributed by atoms with Crippen LogP contribution in [0.1, 0.15) is 30.5 Å². The van der Waals surface area contributed by atoms with Gasteiger partial charge in [-0.3, -0.25) is 4.79 Å². The van der Waals surface area contributed by atoms with E-state index in [2.05, 4.69) is 29.7 Å². The van der Waals surface area contributed by atoms with E-state index < -0.39 is 0 Å². The van der Waals surface area contributed by atoms with Crippen LogP contribution in [-0.2, 0) is 11.2 Å². The number of hydrogen-bond donors (Lipinski definition) is 2. The van der Waals surface area contributed by atoms with Gasteiger partial charge in [0.1, 0.15) is 5.75 Å². The lowest BCUT2D eigenvalue weighted by molar-refractivity contribution is -0.120. The molecule has 2 N–H and O–H groups in total. The zero-order valence-electron chi connectivity index (χ0n) is 14.4. The second-order valence-electron chi connectivity index (χ2n) is 5.79. The summed E-state index contributed by atoms with van der Waals surface area (Å²) in [6.07, 6.45) is 1.28. The Morgan fingerprint density at radius 2 is 1.88 bits per heavy atom. The molecule has 2 rings (SSSR count). The number of carbonyl (C=O) groups is 1. The van der Waals surface area contributed by atoms with Crippen LogP contribution in [0, 0.1) is 0 Å². The number of amides is 1. The third-order valence-corrected chi connectivity index (χ3v) is 3.97. The highest BCUT2D eigenvalue weighted by atomic mass is 16.5. The fraction of sp³-hybridized carbons (Fsp3) is 0.350. The maximum atomic E-state index is 11.9. The van der Waals surface area contributed by atoms with Crippen molar-refractivity contribution in [2.24, 2.45) is 0 Å². The molecular weight excluding hydrogens is 300 g/mol. The molecule has 1 atom stereocenters. The molecule has 0 aliphatic heterocycles. The molecule has 0 aromatic heterocycles. The van der Waals surface area contributed by atoms with E-state index in [4.69, 9.17) is 4.74 Å². The van der Waals surface area contributed by atoms with Gasteiger partial charge in [0.2, 0.25) is 5.91 Å². The average molecular weight is 326 g/mol. The summed E-state index contributed by atoms with van der Waals surface area (Å²) in [6, 6.07) is 18.4. The molecule has 0 saturated carbocycles. The molecule has 0 spiro atoms. The van der Waals surface area contributed by atoms with Gasteiger partial charge in [-0.05, 0) is 36.6 Å². The Kier molecular flexibility index (Phi) is 7.30. The first-order chi connectivity index (χ1) is 11.7. The molecule has 0 radical (unpaired) electrons. The first-order valence-electron chi connectivity index (χ1n) is 8.37. The van der Waals surface area contributed by atoms with Crippen LogP contribution < -0.4 is 15.4 Å². The zero-order valence-corrected chi connectivity index (χ0v) is 14.4. The number of ether oxygens (including phenoxy) is 1. The summed E-state index contributed by atoms with van der Waals surface area (Å²) in [5.74, 6) is 0.920. The Labute approximate surface area is 144 Å². The molecule has 0 fully saturated rings. The van der Waals surface area contributed by atoms with Crippen molar-refractivity contribution in [1.29, 1.82) is 0 Å². The fourth-order valence-corrected chi connectivity index (χ4v) is 2.52. The van der Waals surface area contributed by atoms with Crippen LogP contribution in [0.5, 0.6) is 5.75 Å². The van der Waals surface area contributed by atoms with E-state index in [1.807, 2.05) is 42.5 Å². The highest BCUT2D eigenvalue weighted by molar-refractivity contribution is 5.76. The summed E-state index contributed by atoms with van der Waals surface area (Å²) in [6.45, 7) is 3.41. The largest absolute Gasteiger partial charge is 0.497 e. The first-order valence-corrected chi connectivity index (χ1v) is 8.37. The summed E-state index contributed by atoms with van der Waals surface area (Å²) in [7, 11) is 1.66. The van der Waals surface area contributed by atoms with Gasteiger partial charge in [0.15, 0.2) is 0 Å². The van der Waals surface area contributed by atoms with Gasteiger partial charge in [0.25, 0.3) is 0 Å².